The Morgan fingerprint density at radius 2 is 2.12 bits per heavy atom. The number of thiophene rings is 1. The van der Waals surface area contributed by atoms with E-state index >= 15 is 0 Å². The zero-order chi connectivity index (χ0) is 16.9. The number of aromatic nitrogens is 1. The Kier molecular flexibility index (Phi) is 4.86. The Balaban J connectivity index is 1.64. The Hall–Kier alpha value is -2.73. The molecule has 3 aromatic rings. The maximum absolute atomic E-state index is 12.3. The van der Waals surface area contributed by atoms with Crippen molar-refractivity contribution in [2.75, 3.05) is 5.32 Å². The molecule has 0 fully saturated rings. The summed E-state index contributed by atoms with van der Waals surface area (Å²) in [6, 6.07) is 11.0. The fraction of sp³-hybridized carbons (Fsp3) is 0.167. The molecule has 122 valence electrons. The molecule has 5 nitrogen and oxygen atoms in total. The number of fused-ring (bicyclic) bond motifs is 1. The lowest BCUT2D eigenvalue weighted by molar-refractivity contribution is -0.152. The van der Waals surface area contributed by atoms with Gasteiger partial charge in [-0.25, -0.2) is 0 Å². The van der Waals surface area contributed by atoms with Gasteiger partial charge in [-0.15, -0.1) is 0 Å². The highest BCUT2D eigenvalue weighted by Crippen LogP contribution is 2.21. The van der Waals surface area contributed by atoms with Crippen molar-refractivity contribution in [1.29, 1.82) is 0 Å². The first-order valence-electron chi connectivity index (χ1n) is 7.48. The molecule has 0 aliphatic heterocycles. The van der Waals surface area contributed by atoms with Crippen LogP contribution in [0.15, 0.2) is 53.4 Å². The van der Waals surface area contributed by atoms with Crippen molar-refractivity contribution in [2.24, 2.45) is 0 Å². The third-order valence-electron chi connectivity index (χ3n) is 3.51. The summed E-state index contributed by atoms with van der Waals surface area (Å²) < 4.78 is 5.21. The second-order valence-electron chi connectivity index (χ2n) is 5.31. The normalized spacial score (nSPS) is 11.9. The second-order valence-corrected chi connectivity index (χ2v) is 6.09. The van der Waals surface area contributed by atoms with Crippen molar-refractivity contribution < 1.29 is 14.3 Å². The predicted molar refractivity (Wildman–Crippen MR) is 93.9 cm³/mol. The lowest BCUT2D eigenvalue weighted by Crippen LogP contribution is -2.30. The summed E-state index contributed by atoms with van der Waals surface area (Å²) in [5.41, 5.74) is 2.32. The standard InChI is InChI=1S/C18H16N2O3S/c1-12(23-17(21)10-13-7-9-24-11-13)18(22)20-16-6-2-5-15-14(16)4-3-8-19-15/h2-9,11-12H,10H2,1H3,(H,20,22)/t12-/m0/s1. The van der Waals surface area contributed by atoms with Crippen molar-refractivity contribution in [1.82, 2.24) is 4.98 Å². The van der Waals surface area contributed by atoms with Gasteiger partial charge in [-0.3, -0.25) is 14.6 Å². The molecule has 24 heavy (non-hydrogen) atoms. The van der Waals surface area contributed by atoms with Crippen LogP contribution in [0.1, 0.15) is 12.5 Å². The van der Waals surface area contributed by atoms with Gasteiger partial charge in [0.15, 0.2) is 6.10 Å². The number of esters is 1. The molecule has 1 atom stereocenters. The zero-order valence-corrected chi connectivity index (χ0v) is 13.9. The Bertz CT molecular complexity index is 856. The van der Waals surface area contributed by atoms with Crippen molar-refractivity contribution >= 4 is 39.8 Å². The smallest absolute Gasteiger partial charge is 0.311 e. The lowest BCUT2D eigenvalue weighted by Gasteiger charge is -2.14. The Morgan fingerprint density at radius 1 is 1.25 bits per heavy atom. The van der Waals surface area contributed by atoms with Crippen LogP contribution in [0.3, 0.4) is 0 Å². The molecule has 6 heteroatoms. The van der Waals surface area contributed by atoms with Gasteiger partial charge in [0.05, 0.1) is 17.6 Å². The van der Waals surface area contributed by atoms with Gasteiger partial charge in [0.2, 0.25) is 0 Å². The molecule has 0 aliphatic carbocycles. The SMILES string of the molecule is C[C@H](OC(=O)Cc1ccsc1)C(=O)Nc1cccc2ncccc12. The van der Waals surface area contributed by atoms with Gasteiger partial charge in [0.25, 0.3) is 5.91 Å². The average molecular weight is 340 g/mol. The molecule has 1 N–H and O–H groups in total. The van der Waals surface area contributed by atoms with Crippen LogP contribution in [0.5, 0.6) is 0 Å². The summed E-state index contributed by atoms with van der Waals surface area (Å²) in [6.45, 7) is 1.56. The van der Waals surface area contributed by atoms with Crippen LogP contribution in [-0.4, -0.2) is 23.0 Å². The molecule has 0 saturated carbocycles. The summed E-state index contributed by atoms with van der Waals surface area (Å²) in [4.78, 5) is 28.4. The number of hydrogen-bond acceptors (Lipinski definition) is 5. The number of benzene rings is 1. The van der Waals surface area contributed by atoms with E-state index in [1.807, 2.05) is 41.1 Å². The minimum absolute atomic E-state index is 0.166. The van der Waals surface area contributed by atoms with Crippen molar-refractivity contribution in [3.05, 3.63) is 58.9 Å². The minimum atomic E-state index is -0.872. The van der Waals surface area contributed by atoms with Crippen LogP contribution < -0.4 is 5.32 Å². The van der Waals surface area contributed by atoms with Crippen LogP contribution in [0, 0.1) is 0 Å². The van der Waals surface area contributed by atoms with Gasteiger partial charge in [0.1, 0.15) is 0 Å². The first-order valence-corrected chi connectivity index (χ1v) is 8.43. The summed E-state index contributed by atoms with van der Waals surface area (Å²) in [5.74, 6) is -0.791. The molecular formula is C18H16N2O3S. The van der Waals surface area contributed by atoms with E-state index in [1.54, 1.807) is 19.2 Å². The topological polar surface area (TPSA) is 68.3 Å². The number of anilines is 1. The van der Waals surface area contributed by atoms with Crippen LogP contribution in [0.2, 0.25) is 0 Å². The lowest BCUT2D eigenvalue weighted by atomic mass is 10.2. The monoisotopic (exact) mass is 340 g/mol. The van der Waals surface area contributed by atoms with Gasteiger partial charge in [-0.2, -0.15) is 11.3 Å². The highest BCUT2D eigenvalue weighted by molar-refractivity contribution is 7.08. The van der Waals surface area contributed by atoms with Crippen molar-refractivity contribution in [3.8, 4) is 0 Å². The molecule has 0 aliphatic rings. The number of pyridine rings is 1. The van der Waals surface area contributed by atoms with Gasteiger partial charge in [0, 0.05) is 11.6 Å². The molecular weight excluding hydrogens is 324 g/mol. The van der Waals surface area contributed by atoms with E-state index in [2.05, 4.69) is 10.3 Å². The maximum atomic E-state index is 12.3. The summed E-state index contributed by atoms with van der Waals surface area (Å²) >= 11 is 1.52. The van der Waals surface area contributed by atoms with E-state index in [-0.39, 0.29) is 12.3 Å². The molecule has 0 radical (unpaired) electrons. The molecule has 0 saturated heterocycles. The molecule has 1 aromatic carbocycles. The molecule has 0 unspecified atom stereocenters. The molecule has 2 aromatic heterocycles. The van der Waals surface area contributed by atoms with Crippen LogP contribution in [-0.2, 0) is 20.7 Å². The number of rotatable bonds is 5. The number of nitrogens with zero attached hydrogens (tertiary/aromatic N) is 1. The molecule has 0 spiro atoms. The number of amides is 1. The van der Waals surface area contributed by atoms with E-state index in [1.165, 1.54) is 11.3 Å². The van der Waals surface area contributed by atoms with Gasteiger partial charge in [-0.1, -0.05) is 6.07 Å². The first kappa shape index (κ1) is 16.1. The third kappa shape index (κ3) is 3.78. The number of carbonyl (C=O) groups excluding carboxylic acids is 2. The number of carbonyl (C=O) groups is 2. The number of hydrogen-bond donors (Lipinski definition) is 1. The zero-order valence-electron chi connectivity index (χ0n) is 13.1. The largest absolute Gasteiger partial charge is 0.452 e. The summed E-state index contributed by atoms with van der Waals surface area (Å²) in [6.07, 6.45) is 0.991. The highest BCUT2D eigenvalue weighted by atomic mass is 32.1. The summed E-state index contributed by atoms with van der Waals surface area (Å²) in [7, 11) is 0. The van der Waals surface area contributed by atoms with Crippen LogP contribution in [0.25, 0.3) is 10.9 Å². The Labute approximate surface area is 143 Å². The fourth-order valence-electron chi connectivity index (χ4n) is 2.30. The molecule has 0 bridgehead atoms. The number of ether oxygens (including phenoxy) is 1. The number of nitrogens with one attached hydrogen (secondary N) is 1. The first-order chi connectivity index (χ1) is 11.6. The van der Waals surface area contributed by atoms with Gasteiger partial charge >= 0.3 is 5.97 Å². The van der Waals surface area contributed by atoms with E-state index in [0.717, 1.165) is 16.5 Å². The second kappa shape index (κ2) is 7.23. The van der Waals surface area contributed by atoms with E-state index < -0.39 is 12.1 Å². The van der Waals surface area contributed by atoms with E-state index in [9.17, 15) is 9.59 Å². The Morgan fingerprint density at radius 3 is 2.92 bits per heavy atom. The van der Waals surface area contributed by atoms with Crippen molar-refractivity contribution in [3.63, 3.8) is 0 Å². The molecule has 2 heterocycles. The van der Waals surface area contributed by atoms with Gasteiger partial charge in [-0.05, 0) is 53.6 Å². The molecule has 1 amide bonds. The fourth-order valence-corrected chi connectivity index (χ4v) is 2.97. The van der Waals surface area contributed by atoms with Crippen LogP contribution in [0.4, 0.5) is 5.69 Å². The minimum Gasteiger partial charge on any atom is -0.452 e. The van der Waals surface area contributed by atoms with Crippen LogP contribution >= 0.6 is 11.3 Å². The quantitative estimate of drug-likeness (QED) is 0.723. The third-order valence-corrected chi connectivity index (χ3v) is 4.24. The van der Waals surface area contributed by atoms with E-state index in [0.29, 0.717) is 5.69 Å². The summed E-state index contributed by atoms with van der Waals surface area (Å²) in [5, 5.41) is 7.41. The van der Waals surface area contributed by atoms with Crippen molar-refractivity contribution in [2.45, 2.75) is 19.4 Å². The average Bonchev–Trinajstić information content (AvgIpc) is 3.08. The predicted octanol–water partition coefficient (Wildman–Crippen LogP) is 3.41. The maximum Gasteiger partial charge on any atom is 0.311 e. The highest BCUT2D eigenvalue weighted by Gasteiger charge is 2.19. The van der Waals surface area contributed by atoms with E-state index in [4.69, 9.17) is 4.74 Å². The molecule has 3 rings (SSSR count). The van der Waals surface area contributed by atoms with Gasteiger partial charge < -0.3 is 10.1 Å².